The average molecular weight is 336 g/mol. The van der Waals surface area contributed by atoms with Crippen molar-refractivity contribution in [2.24, 2.45) is 0 Å². The molecule has 5 nitrogen and oxygen atoms in total. The highest BCUT2D eigenvalue weighted by Crippen LogP contribution is 2.20. The van der Waals surface area contributed by atoms with Crippen molar-refractivity contribution in [3.63, 3.8) is 0 Å². The van der Waals surface area contributed by atoms with Crippen LogP contribution in [0.1, 0.15) is 5.56 Å². The summed E-state index contributed by atoms with van der Waals surface area (Å²) < 4.78 is 39.7. The predicted octanol–water partition coefficient (Wildman–Crippen LogP) is 1.40. The Kier molecular flexibility index (Phi) is 5.21. The monoisotopic (exact) mass is 335 g/mol. The molecule has 1 saturated heterocycles. The van der Waals surface area contributed by atoms with Crippen LogP contribution in [0.2, 0.25) is 5.02 Å². The van der Waals surface area contributed by atoms with Gasteiger partial charge in [-0.3, -0.25) is 4.90 Å². The second-order valence-electron chi connectivity index (χ2n) is 5.20. The highest BCUT2D eigenvalue weighted by atomic mass is 35.5. The summed E-state index contributed by atoms with van der Waals surface area (Å²) in [5.41, 5.74) is 0.849. The summed E-state index contributed by atoms with van der Waals surface area (Å²) in [7, 11) is -0.290. The van der Waals surface area contributed by atoms with E-state index in [1.165, 1.54) is 34.8 Å². The largest absolute Gasteiger partial charge is 0.296 e. The first-order valence-corrected chi connectivity index (χ1v) is 8.42. The van der Waals surface area contributed by atoms with E-state index in [9.17, 15) is 12.8 Å². The molecule has 8 heteroatoms. The molecule has 1 heterocycles. The highest BCUT2D eigenvalue weighted by Gasteiger charge is 2.28. The summed E-state index contributed by atoms with van der Waals surface area (Å²) in [6, 6.07) is 4.35. The third kappa shape index (κ3) is 3.92. The Labute approximate surface area is 130 Å². The van der Waals surface area contributed by atoms with Crippen molar-refractivity contribution in [2.75, 3.05) is 40.3 Å². The fourth-order valence-electron chi connectivity index (χ4n) is 2.24. The van der Waals surface area contributed by atoms with Gasteiger partial charge in [0.05, 0.1) is 0 Å². The first-order chi connectivity index (χ1) is 9.80. The van der Waals surface area contributed by atoms with Gasteiger partial charge in [-0.05, 0) is 17.7 Å². The molecule has 0 spiro atoms. The molecule has 1 aliphatic heterocycles. The molecule has 2 rings (SSSR count). The fourth-order valence-corrected chi connectivity index (χ4v) is 3.55. The van der Waals surface area contributed by atoms with Gasteiger partial charge in [-0.15, -0.1) is 0 Å². The minimum atomic E-state index is -3.35. The smallest absolute Gasteiger partial charge is 0.281 e. The minimum Gasteiger partial charge on any atom is -0.296 e. The van der Waals surface area contributed by atoms with Crippen LogP contribution in [0.5, 0.6) is 0 Å². The van der Waals surface area contributed by atoms with Crippen LogP contribution in [-0.2, 0) is 16.8 Å². The van der Waals surface area contributed by atoms with E-state index < -0.39 is 10.2 Å². The van der Waals surface area contributed by atoms with Gasteiger partial charge in [0.25, 0.3) is 10.2 Å². The first-order valence-electron chi connectivity index (χ1n) is 6.64. The summed E-state index contributed by atoms with van der Waals surface area (Å²) >= 11 is 6.01. The summed E-state index contributed by atoms with van der Waals surface area (Å²) in [4.78, 5) is 2.11. The van der Waals surface area contributed by atoms with Crippen LogP contribution in [0.3, 0.4) is 0 Å². The third-order valence-electron chi connectivity index (χ3n) is 3.53. The minimum absolute atomic E-state index is 0.356. The normalized spacial score (nSPS) is 18.3. The number of benzene rings is 1. The van der Waals surface area contributed by atoms with E-state index in [2.05, 4.69) is 4.90 Å². The number of nitrogens with zero attached hydrogens (tertiary/aromatic N) is 3. The second kappa shape index (κ2) is 6.58. The number of hydrogen-bond acceptors (Lipinski definition) is 3. The summed E-state index contributed by atoms with van der Waals surface area (Å²) in [5, 5.41) is 0.401. The third-order valence-corrected chi connectivity index (χ3v) is 5.82. The molecule has 0 atom stereocenters. The van der Waals surface area contributed by atoms with Crippen LogP contribution in [0, 0.1) is 5.82 Å². The van der Waals surface area contributed by atoms with Crippen LogP contribution in [0.4, 0.5) is 4.39 Å². The van der Waals surface area contributed by atoms with E-state index in [-0.39, 0.29) is 5.82 Å². The SMILES string of the molecule is CN(C)S(=O)(=O)N1CCN(Cc2ccc(F)cc2Cl)CC1. The summed E-state index contributed by atoms with van der Waals surface area (Å²) in [6.45, 7) is 2.73. The van der Waals surface area contributed by atoms with Crippen LogP contribution < -0.4 is 0 Å². The molecule has 1 aliphatic rings. The summed E-state index contributed by atoms with van der Waals surface area (Å²) in [6.07, 6.45) is 0. The Hall–Kier alpha value is -0.730. The van der Waals surface area contributed by atoms with Crippen molar-refractivity contribution < 1.29 is 12.8 Å². The fraction of sp³-hybridized carbons (Fsp3) is 0.538. The van der Waals surface area contributed by atoms with Crippen LogP contribution in [0.25, 0.3) is 0 Å². The van der Waals surface area contributed by atoms with Crippen LogP contribution >= 0.6 is 11.6 Å². The molecule has 118 valence electrons. The van der Waals surface area contributed by atoms with Crippen LogP contribution in [0.15, 0.2) is 18.2 Å². The molecule has 0 radical (unpaired) electrons. The van der Waals surface area contributed by atoms with Crippen molar-refractivity contribution in [2.45, 2.75) is 6.54 Å². The van der Waals surface area contributed by atoms with E-state index in [4.69, 9.17) is 11.6 Å². The molecule has 0 saturated carbocycles. The Morgan fingerprint density at radius 1 is 1.24 bits per heavy atom. The van der Waals surface area contributed by atoms with Gasteiger partial charge in [0, 0.05) is 51.8 Å². The molecule has 0 bridgehead atoms. The molecule has 0 N–H and O–H groups in total. The Balaban J connectivity index is 1.96. The van der Waals surface area contributed by atoms with E-state index in [0.29, 0.717) is 37.7 Å². The Bertz CT molecular complexity index is 601. The van der Waals surface area contributed by atoms with Gasteiger partial charge in [-0.25, -0.2) is 4.39 Å². The maximum absolute atomic E-state index is 13.0. The lowest BCUT2D eigenvalue weighted by Gasteiger charge is -2.35. The number of piperazine rings is 1. The van der Waals surface area contributed by atoms with Gasteiger partial charge < -0.3 is 0 Å². The van der Waals surface area contributed by atoms with E-state index in [1.54, 1.807) is 6.07 Å². The topological polar surface area (TPSA) is 43.9 Å². The van der Waals surface area contributed by atoms with Crippen molar-refractivity contribution >= 4 is 21.8 Å². The highest BCUT2D eigenvalue weighted by molar-refractivity contribution is 7.86. The van der Waals surface area contributed by atoms with Crippen molar-refractivity contribution in [3.05, 3.63) is 34.6 Å². The van der Waals surface area contributed by atoms with Gasteiger partial charge >= 0.3 is 0 Å². The molecular formula is C13H19ClFN3O2S. The molecule has 0 amide bonds. The molecular weight excluding hydrogens is 317 g/mol. The van der Waals surface area contributed by atoms with Crippen molar-refractivity contribution in [1.82, 2.24) is 13.5 Å². The molecule has 0 aromatic heterocycles. The lowest BCUT2D eigenvalue weighted by molar-refractivity contribution is 0.177. The average Bonchev–Trinajstić information content (AvgIpc) is 2.42. The van der Waals surface area contributed by atoms with Gasteiger partial charge in [0.2, 0.25) is 0 Å². The zero-order valence-corrected chi connectivity index (χ0v) is 13.7. The van der Waals surface area contributed by atoms with Gasteiger partial charge in [0.15, 0.2) is 0 Å². The van der Waals surface area contributed by atoms with Crippen LogP contribution in [-0.4, -0.2) is 62.2 Å². The first kappa shape index (κ1) is 16.6. The number of halogens is 2. The maximum atomic E-state index is 13.0. The van der Waals surface area contributed by atoms with Crippen molar-refractivity contribution in [1.29, 1.82) is 0 Å². The van der Waals surface area contributed by atoms with E-state index >= 15 is 0 Å². The Morgan fingerprint density at radius 3 is 2.38 bits per heavy atom. The molecule has 1 aromatic carbocycles. The Morgan fingerprint density at radius 2 is 1.86 bits per heavy atom. The molecule has 1 fully saturated rings. The molecule has 21 heavy (non-hydrogen) atoms. The van der Waals surface area contributed by atoms with E-state index in [0.717, 1.165) is 5.56 Å². The predicted molar refractivity (Wildman–Crippen MR) is 80.9 cm³/mol. The van der Waals surface area contributed by atoms with Gasteiger partial charge in [-0.2, -0.15) is 17.0 Å². The quantitative estimate of drug-likeness (QED) is 0.835. The van der Waals surface area contributed by atoms with Gasteiger partial charge in [-0.1, -0.05) is 17.7 Å². The number of rotatable bonds is 4. The molecule has 0 aliphatic carbocycles. The maximum Gasteiger partial charge on any atom is 0.281 e. The van der Waals surface area contributed by atoms with Crippen molar-refractivity contribution in [3.8, 4) is 0 Å². The number of hydrogen-bond donors (Lipinski definition) is 0. The second-order valence-corrected chi connectivity index (χ2v) is 7.75. The summed E-state index contributed by atoms with van der Waals surface area (Å²) in [5.74, 6) is -0.356. The standard InChI is InChI=1S/C13H19ClFN3O2S/c1-16(2)21(19,20)18-7-5-17(6-8-18)10-11-3-4-12(15)9-13(11)14/h3-4,9H,5-8,10H2,1-2H3. The zero-order valence-electron chi connectivity index (χ0n) is 12.1. The lowest BCUT2D eigenvalue weighted by atomic mass is 10.2. The lowest BCUT2D eigenvalue weighted by Crippen LogP contribution is -2.51. The van der Waals surface area contributed by atoms with E-state index in [1.807, 2.05) is 0 Å². The molecule has 0 unspecified atom stereocenters. The molecule has 1 aromatic rings. The zero-order chi connectivity index (χ0) is 15.6. The van der Waals surface area contributed by atoms with Gasteiger partial charge in [0.1, 0.15) is 5.82 Å².